The Morgan fingerprint density at radius 3 is 1.33 bits per heavy atom. The minimum Gasteiger partial charge on any atom is -0.501 e. The van der Waals surface area contributed by atoms with E-state index >= 15 is 0 Å². The zero-order chi connectivity index (χ0) is 70.8. The third kappa shape index (κ3) is 17.1. The van der Waals surface area contributed by atoms with Crippen molar-refractivity contribution >= 4 is 12.0 Å². The highest BCUT2D eigenvalue weighted by atomic mass is 16.6. The number of benzene rings is 4. The third-order valence-corrected chi connectivity index (χ3v) is 21.6. The number of fused-ring (bicyclic) bond motifs is 12. The summed E-state index contributed by atoms with van der Waals surface area (Å²) in [7, 11) is 15.1. The van der Waals surface area contributed by atoms with Crippen molar-refractivity contribution in [2.24, 2.45) is 35.3 Å². The molecule has 99 heavy (non-hydrogen) atoms. The molecule has 0 radical (unpaired) electrons. The van der Waals surface area contributed by atoms with Crippen LogP contribution in [0.1, 0.15) is 168 Å². The van der Waals surface area contributed by atoms with Crippen molar-refractivity contribution in [1.82, 2.24) is 24.5 Å². The maximum atomic E-state index is 12.9. The fourth-order valence-electron chi connectivity index (χ4n) is 16.6. The molecule has 19 heteroatoms. The molecular formula is C80H114N6O13. The van der Waals surface area contributed by atoms with Crippen molar-refractivity contribution in [2.75, 3.05) is 123 Å². The summed E-state index contributed by atoms with van der Waals surface area (Å²) in [6.45, 7) is 25.7. The monoisotopic (exact) mass is 1370 g/mol. The molecule has 13 rings (SSSR count). The van der Waals surface area contributed by atoms with Gasteiger partial charge in [0.1, 0.15) is 11.9 Å². The van der Waals surface area contributed by atoms with Gasteiger partial charge in [-0.2, -0.15) is 0 Å². The zero-order valence-corrected chi connectivity index (χ0v) is 62.0. The number of hydrogen-bond acceptors (Lipinski definition) is 17. The number of carbonyl (C=O) groups excluding carboxylic acids is 2. The van der Waals surface area contributed by atoms with Crippen molar-refractivity contribution in [3.8, 4) is 46.0 Å². The lowest BCUT2D eigenvalue weighted by Crippen LogP contribution is -2.51. The van der Waals surface area contributed by atoms with Gasteiger partial charge in [-0.3, -0.25) is 14.6 Å². The van der Waals surface area contributed by atoms with Crippen LogP contribution >= 0.6 is 0 Å². The van der Waals surface area contributed by atoms with E-state index in [0.717, 1.165) is 180 Å². The molecule has 19 nitrogen and oxygen atoms in total. The normalized spacial score (nSPS) is 23.6. The Bertz CT molecular complexity index is 3510. The van der Waals surface area contributed by atoms with Crippen LogP contribution in [0.15, 0.2) is 84.5 Å². The molecule has 9 aliphatic rings. The molecule has 0 saturated carbocycles. The first-order valence-electron chi connectivity index (χ1n) is 36.3. The maximum Gasteiger partial charge on any atom is 0.410 e. The van der Waals surface area contributed by atoms with E-state index < -0.39 is 0 Å². The number of likely N-dealkylation sites (tertiary alicyclic amines) is 1. The van der Waals surface area contributed by atoms with Gasteiger partial charge in [-0.25, -0.2) is 4.79 Å². The van der Waals surface area contributed by atoms with Crippen molar-refractivity contribution in [3.63, 3.8) is 0 Å². The molecule has 542 valence electrons. The summed E-state index contributed by atoms with van der Waals surface area (Å²) in [5.41, 5.74) is 17.9. The number of piperidine rings is 3. The Kier molecular flexibility index (Phi) is 25.3. The summed E-state index contributed by atoms with van der Waals surface area (Å²) in [6.07, 6.45) is 16.6. The second-order valence-electron chi connectivity index (χ2n) is 29.3. The average Bonchev–Trinajstić information content (AvgIpc) is 0.787. The molecule has 4 aromatic rings. The Morgan fingerprint density at radius 1 is 0.475 bits per heavy atom. The maximum absolute atomic E-state index is 12.9. The lowest BCUT2D eigenvalue weighted by atomic mass is 9.78. The van der Waals surface area contributed by atoms with Gasteiger partial charge in [0.25, 0.3) is 0 Å². The first-order valence-corrected chi connectivity index (χ1v) is 36.3. The number of carbonyl (C=O) groups is 2. The van der Waals surface area contributed by atoms with Crippen LogP contribution in [0.2, 0.25) is 0 Å². The molecule has 0 bridgehead atoms. The van der Waals surface area contributed by atoms with Gasteiger partial charge in [-0.05, 0) is 187 Å². The van der Waals surface area contributed by atoms with Crippen LogP contribution < -0.4 is 43.6 Å². The molecule has 9 heterocycles. The first kappa shape index (κ1) is 74.2. The summed E-state index contributed by atoms with van der Waals surface area (Å²) in [5.74, 6) is 10.7. The number of nitrogens with two attached hydrogens (primary N) is 1. The van der Waals surface area contributed by atoms with Gasteiger partial charge in [0.2, 0.25) is 5.91 Å². The highest BCUT2D eigenvalue weighted by Crippen LogP contribution is 2.49. The van der Waals surface area contributed by atoms with Gasteiger partial charge < -0.3 is 72.5 Å². The quantitative estimate of drug-likeness (QED) is 0.105. The summed E-state index contributed by atoms with van der Waals surface area (Å²) in [4.78, 5) is 36.8. The van der Waals surface area contributed by atoms with E-state index in [2.05, 4.69) is 99.2 Å². The number of hydrogen-bond donors (Lipinski definition) is 1. The molecule has 9 aliphatic heterocycles. The smallest absolute Gasteiger partial charge is 0.410 e. The Balaban J connectivity index is 0.000000144. The Hall–Kier alpha value is -7.48. The largest absolute Gasteiger partial charge is 0.501 e. The van der Waals surface area contributed by atoms with Crippen LogP contribution in [0.5, 0.6) is 46.0 Å². The minimum atomic E-state index is -0.116. The fraction of sp³-hybridized carbons (Fsp3) is 0.600. The van der Waals surface area contributed by atoms with Crippen LogP contribution in [-0.4, -0.2) is 172 Å². The lowest BCUT2D eigenvalue weighted by Gasteiger charge is -2.47. The first-order chi connectivity index (χ1) is 47.7. The Labute approximate surface area is 590 Å². The average molecular weight is 1370 g/mol. The summed E-state index contributed by atoms with van der Waals surface area (Å²) in [5, 5.41) is 0. The third-order valence-electron chi connectivity index (χ3n) is 21.6. The standard InChI is InChI=1S/C25H38N2O4.C19H30N2O2.C19H25NO4.C17H21NO3/c1-17(2)12-19-16-27-11-8-18-13-23(29-3)24(30-4)14-20(18)21(27)15-22(19)31-25(28)26-9-6-5-7-10-26;1-12(2)7-14-11-21-6-5-13-8-18(22-3)19(23-4)9-15(13)17(21)10-16(14)20;1-12(2)11-24-14-8-16-15-10-18(23-4)17(22-3)7-13(15)5-6-20(16)19(21)9-14;1-11-7-13(19-2)9-15-14-10-17(21-4)16(20-3)8-12(14)5-6-18(11)15/h13-14,17,19,21-22H,5-12,15-16H2,1-4H3;8-9,12,14,16-17H,5-7,10-11,20H2,1-4H3;7,9-10,12,16H,5-6,8,11H2,1-4H3;7-8,10,15H,1,5-6,9H2,2-4H3. The lowest BCUT2D eigenvalue weighted by molar-refractivity contribution is -0.130. The number of ether oxygens (including phenoxy) is 11. The van der Waals surface area contributed by atoms with Gasteiger partial charge in [-0.1, -0.05) is 48.1 Å². The molecule has 8 unspecified atom stereocenters. The summed E-state index contributed by atoms with van der Waals surface area (Å²) < 4.78 is 61.3. The number of rotatable bonds is 17. The highest BCUT2D eigenvalue weighted by molar-refractivity contribution is 5.90. The van der Waals surface area contributed by atoms with Crippen LogP contribution in [0, 0.1) is 29.6 Å². The molecule has 3 fully saturated rings. The van der Waals surface area contributed by atoms with E-state index in [4.69, 9.17) is 57.8 Å². The summed E-state index contributed by atoms with van der Waals surface area (Å²) >= 11 is 0. The second kappa shape index (κ2) is 33.8. The predicted molar refractivity (Wildman–Crippen MR) is 387 cm³/mol. The van der Waals surface area contributed by atoms with Gasteiger partial charge in [0.05, 0.1) is 88.4 Å². The SMILES string of the molecule is C=C1C=C(OC)CC2c3cc(OC)c(OC)cc3CCN12.COc1cc2c(cc1OC)C1CC(N)C(CC(C)C)CN1CC2.COc1cc2c(cc1OC)C1CC(OC(=O)N3CCCCC3)C(CC(C)C)CN1CC2.COc1cc2c(cc1OC)C1CC(OCC(C)C)=CC(=O)N1CC2. The molecule has 8 atom stereocenters. The van der Waals surface area contributed by atoms with Crippen molar-refractivity contribution < 1.29 is 61.7 Å². The number of amides is 2. The van der Waals surface area contributed by atoms with Crippen LogP contribution in [0.25, 0.3) is 0 Å². The van der Waals surface area contributed by atoms with Crippen molar-refractivity contribution in [3.05, 3.63) is 129 Å². The van der Waals surface area contributed by atoms with E-state index in [-0.39, 0.29) is 42.3 Å². The molecular weight excluding hydrogens is 1250 g/mol. The Morgan fingerprint density at radius 2 is 0.879 bits per heavy atom. The van der Waals surface area contributed by atoms with Gasteiger partial charge in [0, 0.05) is 107 Å². The fourth-order valence-corrected chi connectivity index (χ4v) is 16.6. The van der Waals surface area contributed by atoms with E-state index in [1.807, 2.05) is 28.0 Å². The molecule has 3 saturated heterocycles. The highest BCUT2D eigenvalue weighted by Gasteiger charge is 2.43. The molecule has 2 N–H and O–H groups in total. The number of allylic oxidation sites excluding steroid dienone is 1. The second-order valence-corrected chi connectivity index (χ2v) is 29.3. The van der Waals surface area contributed by atoms with Crippen LogP contribution in [0.3, 0.4) is 0 Å². The van der Waals surface area contributed by atoms with E-state index in [0.29, 0.717) is 54.4 Å². The minimum absolute atomic E-state index is 0.00761. The summed E-state index contributed by atoms with van der Waals surface area (Å²) in [6, 6.07) is 18.0. The van der Waals surface area contributed by atoms with Crippen molar-refractivity contribution in [2.45, 2.75) is 161 Å². The van der Waals surface area contributed by atoms with Crippen LogP contribution in [0.4, 0.5) is 4.79 Å². The molecule has 0 aliphatic carbocycles. The number of nitrogens with zero attached hydrogens (tertiary/aromatic N) is 5. The van der Waals surface area contributed by atoms with Gasteiger partial charge in [-0.15, -0.1) is 0 Å². The molecule has 4 aromatic carbocycles. The topological polar surface area (TPSA) is 178 Å². The molecule has 0 spiro atoms. The number of methoxy groups -OCH3 is 9. The van der Waals surface area contributed by atoms with Gasteiger partial charge >= 0.3 is 6.09 Å². The van der Waals surface area contributed by atoms with Gasteiger partial charge in [0.15, 0.2) is 46.0 Å². The van der Waals surface area contributed by atoms with Crippen molar-refractivity contribution in [1.29, 1.82) is 0 Å². The predicted octanol–water partition coefficient (Wildman–Crippen LogP) is 13.8. The zero-order valence-electron chi connectivity index (χ0n) is 62.0. The van der Waals surface area contributed by atoms with E-state index in [1.165, 1.54) is 51.8 Å². The molecule has 0 aromatic heterocycles. The van der Waals surface area contributed by atoms with E-state index in [1.54, 1.807) is 70.1 Å². The molecule has 2 amide bonds. The van der Waals surface area contributed by atoms with Crippen LogP contribution in [-0.2, 0) is 44.7 Å². The van der Waals surface area contributed by atoms with E-state index in [9.17, 15) is 9.59 Å².